The molecule has 214 valence electrons. The van der Waals surface area contributed by atoms with Crippen LogP contribution in [0.5, 0.6) is 0 Å². The Labute approximate surface area is 232 Å². The van der Waals surface area contributed by atoms with Crippen LogP contribution in [0.15, 0.2) is 64.3 Å². The van der Waals surface area contributed by atoms with Crippen molar-refractivity contribution in [3.63, 3.8) is 0 Å². The normalized spacial score (nSPS) is 18.0. The maximum atomic E-state index is 13.8. The molecule has 0 spiro atoms. The molecule has 0 unspecified atom stereocenters. The van der Waals surface area contributed by atoms with Crippen molar-refractivity contribution in [1.82, 2.24) is 10.5 Å². The van der Waals surface area contributed by atoms with Crippen LogP contribution in [-0.4, -0.2) is 54.0 Å². The van der Waals surface area contributed by atoms with Gasteiger partial charge in [0, 0.05) is 36.2 Å². The summed E-state index contributed by atoms with van der Waals surface area (Å²) in [6.07, 6.45) is -7.13. The van der Waals surface area contributed by atoms with Gasteiger partial charge in [0.2, 0.25) is 18.0 Å². The van der Waals surface area contributed by atoms with E-state index >= 15 is 0 Å². The molecule has 2 aliphatic rings. The maximum Gasteiger partial charge on any atom is 0.389 e. The first-order valence-corrected chi connectivity index (χ1v) is 12.9. The second-order valence-electron chi connectivity index (χ2n) is 9.87. The van der Waals surface area contributed by atoms with Gasteiger partial charge >= 0.3 is 6.18 Å². The molecule has 13 heteroatoms. The number of carbonyl (C=O) groups is 3. The number of nitrogens with zero attached hydrogens (tertiary/aromatic N) is 3. The summed E-state index contributed by atoms with van der Waals surface area (Å²) in [6.45, 7) is 2.19. The maximum absolute atomic E-state index is 13.8. The minimum absolute atomic E-state index is 0.0969. The third-order valence-electron chi connectivity index (χ3n) is 7.20. The van der Waals surface area contributed by atoms with Crippen LogP contribution < -0.4 is 21.3 Å². The number of benzene rings is 2. The molecular formula is C28H27F3N6O4. The van der Waals surface area contributed by atoms with Gasteiger partial charge in [-0.3, -0.25) is 14.4 Å². The molecular weight excluding hydrogens is 541 g/mol. The Kier molecular flexibility index (Phi) is 7.52. The highest BCUT2D eigenvalue weighted by molar-refractivity contribution is 6.22. The summed E-state index contributed by atoms with van der Waals surface area (Å²) >= 11 is 0. The van der Waals surface area contributed by atoms with Gasteiger partial charge in [-0.15, -0.1) is 0 Å². The average Bonchev–Trinajstić information content (AvgIpc) is 3.31. The summed E-state index contributed by atoms with van der Waals surface area (Å²) in [6, 6.07) is 14.5. The summed E-state index contributed by atoms with van der Waals surface area (Å²) in [5, 5.41) is 9.49. The standard InChI is InChI=1S/C28H27F3N6O4/c1-15-19(14-41-36-15)21(24(32)38)17(10-11-28(29,30)31)26(39)35-25-27(40)37-13-12-33-20-9-5-8-18(23(20)37)22(34-25)16-6-3-2-4-7-16/h2-9,14,17,21,25,33H,10-13H2,1H3,(H2,32,38)(H,35,39)/t17-,21-,25-/m1/s1. The molecule has 0 fully saturated rings. The van der Waals surface area contributed by atoms with Gasteiger partial charge in [-0.2, -0.15) is 13.2 Å². The fraction of sp³-hybridized carbons (Fsp3) is 0.321. The highest BCUT2D eigenvalue weighted by atomic mass is 19.4. The van der Waals surface area contributed by atoms with E-state index in [-0.39, 0.29) is 17.8 Å². The molecule has 0 saturated carbocycles. The van der Waals surface area contributed by atoms with Crippen molar-refractivity contribution in [3.8, 4) is 0 Å². The Morgan fingerprint density at radius 1 is 1.20 bits per heavy atom. The quantitative estimate of drug-likeness (QED) is 0.381. The summed E-state index contributed by atoms with van der Waals surface area (Å²) in [5.74, 6) is -5.64. The van der Waals surface area contributed by atoms with Crippen molar-refractivity contribution in [2.45, 2.75) is 38.0 Å². The lowest BCUT2D eigenvalue weighted by molar-refractivity contribution is -0.144. The lowest BCUT2D eigenvalue weighted by atomic mass is 9.82. The van der Waals surface area contributed by atoms with Gasteiger partial charge in [0.25, 0.3) is 5.91 Å². The van der Waals surface area contributed by atoms with E-state index in [1.54, 1.807) is 24.3 Å². The lowest BCUT2D eigenvalue weighted by Crippen LogP contribution is -2.52. The molecule has 2 aromatic carbocycles. The van der Waals surface area contributed by atoms with Crippen LogP contribution in [-0.2, 0) is 14.4 Å². The molecule has 41 heavy (non-hydrogen) atoms. The van der Waals surface area contributed by atoms with E-state index < -0.39 is 54.7 Å². The minimum Gasteiger partial charge on any atom is -0.382 e. The number of para-hydroxylation sites is 1. The number of alkyl halides is 3. The zero-order chi connectivity index (χ0) is 29.3. The van der Waals surface area contributed by atoms with Crippen molar-refractivity contribution in [1.29, 1.82) is 0 Å². The van der Waals surface area contributed by atoms with Gasteiger partial charge in [0.05, 0.1) is 34.6 Å². The fourth-order valence-corrected chi connectivity index (χ4v) is 5.30. The van der Waals surface area contributed by atoms with E-state index in [0.29, 0.717) is 34.8 Å². The van der Waals surface area contributed by atoms with E-state index in [1.807, 2.05) is 24.3 Å². The van der Waals surface area contributed by atoms with E-state index in [1.165, 1.54) is 11.8 Å². The number of nitrogens with one attached hydrogen (secondary N) is 2. The Balaban J connectivity index is 1.56. The number of hydrogen-bond donors (Lipinski definition) is 3. The van der Waals surface area contributed by atoms with E-state index in [9.17, 15) is 27.6 Å². The molecule has 0 bridgehead atoms. The first-order valence-electron chi connectivity index (χ1n) is 12.9. The number of aromatic nitrogens is 1. The van der Waals surface area contributed by atoms with Crippen molar-refractivity contribution < 1.29 is 32.1 Å². The molecule has 3 aromatic rings. The van der Waals surface area contributed by atoms with Gasteiger partial charge in [-0.05, 0) is 19.4 Å². The number of rotatable bonds is 8. The molecule has 2 aliphatic heterocycles. The van der Waals surface area contributed by atoms with Crippen LogP contribution in [0.25, 0.3) is 0 Å². The highest BCUT2D eigenvalue weighted by Crippen LogP contribution is 2.38. The third kappa shape index (κ3) is 5.65. The largest absolute Gasteiger partial charge is 0.389 e. The Bertz CT molecular complexity index is 1500. The van der Waals surface area contributed by atoms with Gasteiger partial charge in [-0.1, -0.05) is 47.6 Å². The number of nitrogens with two attached hydrogens (primary N) is 1. The number of anilines is 2. The second kappa shape index (κ2) is 11.1. The molecule has 1 aromatic heterocycles. The monoisotopic (exact) mass is 568 g/mol. The van der Waals surface area contributed by atoms with Gasteiger partial charge in [-0.25, -0.2) is 4.99 Å². The zero-order valence-corrected chi connectivity index (χ0v) is 21.9. The number of aliphatic imine (C=N–C) groups is 1. The van der Waals surface area contributed by atoms with Gasteiger partial charge in [0.15, 0.2) is 0 Å². The van der Waals surface area contributed by atoms with Crippen LogP contribution in [0.2, 0.25) is 0 Å². The predicted octanol–water partition coefficient (Wildman–Crippen LogP) is 3.26. The van der Waals surface area contributed by atoms with E-state index in [2.05, 4.69) is 20.8 Å². The van der Waals surface area contributed by atoms with Gasteiger partial charge in [0.1, 0.15) is 6.26 Å². The molecule has 0 saturated heterocycles. The van der Waals surface area contributed by atoms with Crippen molar-refractivity contribution in [2.75, 3.05) is 23.3 Å². The van der Waals surface area contributed by atoms with Crippen molar-refractivity contribution in [2.24, 2.45) is 16.6 Å². The molecule has 4 N–H and O–H groups in total. The molecule has 3 atom stereocenters. The molecule has 3 heterocycles. The number of primary amides is 1. The molecule has 3 amide bonds. The second-order valence-corrected chi connectivity index (χ2v) is 9.87. The first kappa shape index (κ1) is 27.9. The average molecular weight is 569 g/mol. The van der Waals surface area contributed by atoms with Crippen LogP contribution in [0.3, 0.4) is 0 Å². The molecule has 5 rings (SSSR count). The van der Waals surface area contributed by atoms with Crippen LogP contribution in [0, 0.1) is 12.8 Å². The molecule has 0 radical (unpaired) electrons. The Morgan fingerprint density at radius 2 is 1.95 bits per heavy atom. The summed E-state index contributed by atoms with van der Waals surface area (Å²) in [5.41, 5.74) is 8.94. The minimum atomic E-state index is -4.61. The third-order valence-corrected chi connectivity index (χ3v) is 7.20. The predicted molar refractivity (Wildman–Crippen MR) is 143 cm³/mol. The summed E-state index contributed by atoms with van der Waals surface area (Å²) < 4.78 is 44.8. The highest BCUT2D eigenvalue weighted by Gasteiger charge is 2.42. The lowest BCUT2D eigenvalue weighted by Gasteiger charge is -2.32. The summed E-state index contributed by atoms with van der Waals surface area (Å²) in [4.78, 5) is 46.3. The summed E-state index contributed by atoms with van der Waals surface area (Å²) in [7, 11) is 0. The molecule has 0 aliphatic carbocycles. The zero-order valence-electron chi connectivity index (χ0n) is 21.9. The van der Waals surface area contributed by atoms with Crippen molar-refractivity contribution in [3.05, 3.63) is 77.2 Å². The van der Waals surface area contributed by atoms with Gasteiger partial charge < -0.3 is 25.8 Å². The van der Waals surface area contributed by atoms with Crippen LogP contribution >= 0.6 is 0 Å². The number of hydrogen-bond acceptors (Lipinski definition) is 7. The van der Waals surface area contributed by atoms with Crippen LogP contribution in [0.1, 0.15) is 41.1 Å². The number of amides is 3. The van der Waals surface area contributed by atoms with Crippen LogP contribution in [0.4, 0.5) is 24.5 Å². The van der Waals surface area contributed by atoms with Crippen molar-refractivity contribution >= 4 is 34.8 Å². The number of halogens is 3. The number of carbonyl (C=O) groups excluding carboxylic acids is 3. The van der Waals surface area contributed by atoms with E-state index in [4.69, 9.17) is 10.3 Å². The fourth-order valence-electron chi connectivity index (χ4n) is 5.30. The smallest absolute Gasteiger partial charge is 0.382 e. The molecule has 10 nitrogen and oxygen atoms in total. The Morgan fingerprint density at radius 3 is 2.61 bits per heavy atom. The SMILES string of the molecule is Cc1nocc1[C@H](C(N)=O)[C@@H](CCC(F)(F)F)C(=O)N[C@H]1N=C(c2ccccc2)c2cccc3c2N(CCN3)C1=O. The first-order chi connectivity index (χ1) is 19.5. The topological polar surface area (TPSA) is 143 Å². The Hall–Kier alpha value is -4.68. The van der Waals surface area contributed by atoms with E-state index in [0.717, 1.165) is 6.26 Å². The number of aryl methyl sites for hydroxylation is 1.